The molecule has 1 fully saturated rings. The number of hydrogen-bond donors (Lipinski definition) is 1. The van der Waals surface area contributed by atoms with E-state index in [1.807, 2.05) is 0 Å². The van der Waals surface area contributed by atoms with E-state index in [0.29, 0.717) is 13.0 Å². The summed E-state index contributed by atoms with van der Waals surface area (Å²) in [5.41, 5.74) is 0. The van der Waals surface area contributed by atoms with Gasteiger partial charge in [0.25, 0.3) is 0 Å². The van der Waals surface area contributed by atoms with Gasteiger partial charge in [0.05, 0.1) is 5.92 Å². The first-order chi connectivity index (χ1) is 3.83. The lowest BCUT2D eigenvalue weighted by Crippen LogP contribution is -2.13. The maximum absolute atomic E-state index is 10.3. The Balaban J connectivity index is 2.43. The van der Waals surface area contributed by atoms with Gasteiger partial charge in [-0.2, -0.15) is 0 Å². The van der Waals surface area contributed by atoms with Gasteiger partial charge in [-0.15, -0.1) is 0 Å². The van der Waals surface area contributed by atoms with Crippen LogP contribution < -0.4 is 5.32 Å². The van der Waals surface area contributed by atoms with Crippen molar-refractivity contribution in [2.24, 2.45) is 5.92 Å². The summed E-state index contributed by atoms with van der Waals surface area (Å²) in [5, 5.41) is 2.52. The molecule has 1 N–H and O–H groups in total. The van der Waals surface area contributed by atoms with Crippen molar-refractivity contribution in [3.05, 3.63) is 0 Å². The molecule has 1 saturated heterocycles. The third-order valence-electron chi connectivity index (χ3n) is 1.14. The van der Waals surface area contributed by atoms with Gasteiger partial charge >= 0.3 is 0 Å². The zero-order valence-corrected chi connectivity index (χ0v) is 4.31. The first-order valence-corrected chi connectivity index (χ1v) is 2.47. The van der Waals surface area contributed by atoms with E-state index in [-0.39, 0.29) is 11.8 Å². The molecule has 8 heavy (non-hydrogen) atoms. The molecule has 0 aromatic carbocycles. The van der Waals surface area contributed by atoms with Crippen LogP contribution >= 0.6 is 0 Å². The van der Waals surface area contributed by atoms with Crippen LogP contribution in [0.3, 0.4) is 0 Å². The summed E-state index contributed by atoms with van der Waals surface area (Å²) >= 11 is 0. The van der Waals surface area contributed by atoms with Crippen molar-refractivity contribution in [1.29, 1.82) is 0 Å². The van der Waals surface area contributed by atoms with Gasteiger partial charge in [-0.3, -0.25) is 9.59 Å². The second-order valence-electron chi connectivity index (χ2n) is 1.82. The van der Waals surface area contributed by atoms with Gasteiger partial charge < -0.3 is 5.32 Å². The SMILES string of the molecule is O=[C]C1CNC(=O)C1. The molecule has 1 aliphatic rings. The first kappa shape index (κ1) is 5.28. The Labute approximate surface area is 47.1 Å². The van der Waals surface area contributed by atoms with Crippen molar-refractivity contribution in [1.82, 2.24) is 5.32 Å². The van der Waals surface area contributed by atoms with Crippen LogP contribution in [0.1, 0.15) is 6.42 Å². The van der Waals surface area contributed by atoms with E-state index >= 15 is 0 Å². The predicted octanol–water partition coefficient (Wildman–Crippen LogP) is -0.768. The van der Waals surface area contributed by atoms with Crippen molar-refractivity contribution in [2.75, 3.05) is 6.54 Å². The third-order valence-corrected chi connectivity index (χ3v) is 1.14. The molecule has 3 nitrogen and oxygen atoms in total. The Hall–Kier alpha value is -0.860. The number of nitrogens with one attached hydrogen (secondary N) is 1. The van der Waals surface area contributed by atoms with E-state index in [0.717, 1.165) is 0 Å². The number of carbonyl (C=O) groups is 1. The lowest BCUT2D eigenvalue weighted by Gasteiger charge is -1.86. The highest BCUT2D eigenvalue weighted by atomic mass is 16.2. The first-order valence-electron chi connectivity index (χ1n) is 2.47. The van der Waals surface area contributed by atoms with E-state index < -0.39 is 0 Å². The summed E-state index contributed by atoms with van der Waals surface area (Å²) in [6.45, 7) is 0.475. The smallest absolute Gasteiger partial charge is 0.220 e. The molecule has 0 spiro atoms. The maximum atomic E-state index is 10.3. The van der Waals surface area contributed by atoms with Gasteiger partial charge in [-0.05, 0) is 0 Å². The van der Waals surface area contributed by atoms with Crippen LogP contribution in [0, 0.1) is 5.92 Å². The number of hydrogen-bond acceptors (Lipinski definition) is 2. The summed E-state index contributed by atoms with van der Waals surface area (Å²) in [7, 11) is 0. The second-order valence-corrected chi connectivity index (χ2v) is 1.82. The summed E-state index contributed by atoms with van der Waals surface area (Å²) in [6.07, 6.45) is 2.08. The molecule has 0 aromatic rings. The van der Waals surface area contributed by atoms with Gasteiger partial charge in [-0.1, -0.05) is 0 Å². The fraction of sp³-hybridized carbons (Fsp3) is 0.600. The molecule has 1 unspecified atom stereocenters. The number of rotatable bonds is 1. The second kappa shape index (κ2) is 1.94. The molecule has 0 bridgehead atoms. The van der Waals surface area contributed by atoms with Crippen LogP contribution in [0.5, 0.6) is 0 Å². The molecule has 3 heteroatoms. The average molecular weight is 112 g/mol. The summed E-state index contributed by atoms with van der Waals surface area (Å²) in [6, 6.07) is 0. The Kier molecular flexibility index (Phi) is 1.28. The molecule has 1 radical (unpaired) electrons. The Morgan fingerprint density at radius 3 is 2.75 bits per heavy atom. The quantitative estimate of drug-likeness (QED) is 0.484. The van der Waals surface area contributed by atoms with E-state index in [1.54, 1.807) is 6.29 Å². The van der Waals surface area contributed by atoms with Gasteiger partial charge in [0.15, 0.2) is 0 Å². The van der Waals surface area contributed by atoms with E-state index in [2.05, 4.69) is 5.32 Å². The fourth-order valence-corrected chi connectivity index (χ4v) is 0.688. The fourth-order valence-electron chi connectivity index (χ4n) is 0.688. The highest BCUT2D eigenvalue weighted by Gasteiger charge is 2.20. The summed E-state index contributed by atoms with van der Waals surface area (Å²) in [5.74, 6) is -0.235. The molecule has 1 amide bonds. The highest BCUT2D eigenvalue weighted by Crippen LogP contribution is 2.03. The summed E-state index contributed by atoms with van der Waals surface area (Å²) < 4.78 is 0. The molecule has 1 rings (SSSR count). The molecule has 0 aliphatic carbocycles. The van der Waals surface area contributed by atoms with E-state index in [4.69, 9.17) is 0 Å². The Morgan fingerprint density at radius 2 is 2.50 bits per heavy atom. The highest BCUT2D eigenvalue weighted by molar-refractivity contribution is 5.82. The molecule has 43 valence electrons. The molecule has 1 aliphatic heterocycles. The summed E-state index contributed by atoms with van der Waals surface area (Å²) in [4.78, 5) is 20.2. The lowest BCUT2D eigenvalue weighted by molar-refractivity contribution is -0.119. The van der Waals surface area contributed by atoms with Crippen LogP contribution in [0.4, 0.5) is 0 Å². The van der Waals surface area contributed by atoms with Gasteiger partial charge in [-0.25, -0.2) is 0 Å². The Morgan fingerprint density at radius 1 is 1.75 bits per heavy atom. The van der Waals surface area contributed by atoms with Gasteiger partial charge in [0.1, 0.15) is 0 Å². The van der Waals surface area contributed by atoms with Crippen LogP contribution in [0.25, 0.3) is 0 Å². The van der Waals surface area contributed by atoms with Gasteiger partial charge in [0, 0.05) is 13.0 Å². The van der Waals surface area contributed by atoms with E-state index in [9.17, 15) is 9.59 Å². The number of amides is 1. The monoisotopic (exact) mass is 112 g/mol. The maximum Gasteiger partial charge on any atom is 0.220 e. The van der Waals surface area contributed by atoms with Crippen LogP contribution in [-0.2, 0) is 9.59 Å². The Bertz CT molecular complexity index is 122. The predicted molar refractivity (Wildman–Crippen MR) is 26.8 cm³/mol. The van der Waals surface area contributed by atoms with Crippen molar-refractivity contribution in [3.63, 3.8) is 0 Å². The normalized spacial score (nSPS) is 27.5. The number of carbonyl (C=O) groups excluding carboxylic acids is 2. The van der Waals surface area contributed by atoms with Crippen LogP contribution in [0.15, 0.2) is 0 Å². The largest absolute Gasteiger partial charge is 0.355 e. The molecule has 0 aromatic heterocycles. The lowest BCUT2D eigenvalue weighted by atomic mass is 10.1. The van der Waals surface area contributed by atoms with Crippen molar-refractivity contribution in [3.8, 4) is 0 Å². The minimum Gasteiger partial charge on any atom is -0.355 e. The van der Waals surface area contributed by atoms with Crippen molar-refractivity contribution >= 4 is 12.2 Å². The molecular weight excluding hydrogens is 106 g/mol. The van der Waals surface area contributed by atoms with Crippen LogP contribution in [-0.4, -0.2) is 18.7 Å². The zero-order valence-electron chi connectivity index (χ0n) is 4.31. The van der Waals surface area contributed by atoms with Crippen molar-refractivity contribution < 1.29 is 9.59 Å². The minimum atomic E-state index is -0.192. The zero-order chi connectivity index (χ0) is 5.98. The molecular formula is C5H6NO2. The third kappa shape index (κ3) is 0.857. The molecule has 1 atom stereocenters. The van der Waals surface area contributed by atoms with Crippen LogP contribution in [0.2, 0.25) is 0 Å². The standard InChI is InChI=1S/C5H6NO2/c7-3-4-1-5(8)6-2-4/h4H,1-2H2,(H,6,8). The van der Waals surface area contributed by atoms with Gasteiger partial charge in [0.2, 0.25) is 12.2 Å². The average Bonchev–Trinajstić information content (AvgIpc) is 2.14. The van der Waals surface area contributed by atoms with E-state index in [1.165, 1.54) is 0 Å². The van der Waals surface area contributed by atoms with Crippen molar-refractivity contribution in [2.45, 2.75) is 6.42 Å². The molecule has 0 saturated carbocycles. The minimum absolute atomic E-state index is 0.0432. The topological polar surface area (TPSA) is 46.2 Å². The molecule has 1 heterocycles.